The molecule has 3 aromatic rings. The topological polar surface area (TPSA) is 42.0 Å². The van der Waals surface area contributed by atoms with Gasteiger partial charge in [0, 0.05) is 16.7 Å². The number of carbonyl (C=O) groups excluding carboxylic acids is 1. The molecule has 26 heavy (non-hydrogen) atoms. The maximum atomic E-state index is 13.6. The molecular formula is C19H16F2N2OS2. The zero-order valence-electron chi connectivity index (χ0n) is 13.9. The highest BCUT2D eigenvalue weighted by atomic mass is 32.2. The van der Waals surface area contributed by atoms with Crippen LogP contribution in [0.2, 0.25) is 0 Å². The van der Waals surface area contributed by atoms with Crippen molar-refractivity contribution in [1.29, 1.82) is 0 Å². The molecule has 2 aromatic carbocycles. The highest BCUT2D eigenvalue weighted by Crippen LogP contribution is 2.27. The van der Waals surface area contributed by atoms with E-state index in [2.05, 4.69) is 10.3 Å². The Morgan fingerprint density at radius 3 is 2.54 bits per heavy atom. The summed E-state index contributed by atoms with van der Waals surface area (Å²) in [5.74, 6) is -1.49. The monoisotopic (exact) mass is 390 g/mol. The van der Waals surface area contributed by atoms with Crippen LogP contribution in [0.1, 0.15) is 12.6 Å². The van der Waals surface area contributed by atoms with Crippen molar-refractivity contribution in [3.05, 3.63) is 71.2 Å². The number of nitrogens with one attached hydrogen (secondary N) is 1. The number of halogens is 2. The van der Waals surface area contributed by atoms with Crippen molar-refractivity contribution in [2.75, 3.05) is 5.32 Å². The fraction of sp³-hybridized carbons (Fsp3) is 0.158. The molecular weight excluding hydrogens is 374 g/mol. The second-order valence-electron chi connectivity index (χ2n) is 5.55. The average molecular weight is 390 g/mol. The van der Waals surface area contributed by atoms with Crippen LogP contribution in [0.5, 0.6) is 0 Å². The number of anilines is 1. The fourth-order valence-electron chi connectivity index (χ4n) is 2.21. The predicted octanol–water partition coefficient (Wildman–Crippen LogP) is 5.35. The number of thioether (sulfide) groups is 1. The minimum Gasteiger partial charge on any atom is -0.320 e. The largest absolute Gasteiger partial charge is 0.320 e. The Labute approximate surface area is 158 Å². The molecule has 1 N–H and O–H groups in total. The average Bonchev–Trinajstić information content (AvgIpc) is 3.12. The molecule has 1 atom stereocenters. The van der Waals surface area contributed by atoms with E-state index in [1.165, 1.54) is 17.8 Å². The van der Waals surface area contributed by atoms with E-state index in [4.69, 9.17) is 0 Å². The lowest BCUT2D eigenvalue weighted by atomic mass is 10.2. The number of rotatable bonds is 6. The maximum Gasteiger partial charge on any atom is 0.237 e. The number of aromatic nitrogens is 1. The van der Waals surface area contributed by atoms with Gasteiger partial charge in [0.05, 0.1) is 10.9 Å². The van der Waals surface area contributed by atoms with E-state index in [9.17, 15) is 13.6 Å². The van der Waals surface area contributed by atoms with Crippen LogP contribution in [0, 0.1) is 11.6 Å². The Hall–Kier alpha value is -2.25. The molecule has 0 radical (unpaired) electrons. The molecule has 0 aliphatic carbocycles. The van der Waals surface area contributed by atoms with Gasteiger partial charge in [0.15, 0.2) is 0 Å². The summed E-state index contributed by atoms with van der Waals surface area (Å²) in [7, 11) is 0. The molecule has 3 nitrogen and oxygen atoms in total. The lowest BCUT2D eigenvalue weighted by Gasteiger charge is -2.12. The van der Waals surface area contributed by atoms with Crippen molar-refractivity contribution in [2.24, 2.45) is 0 Å². The molecule has 0 fully saturated rings. The van der Waals surface area contributed by atoms with Crippen LogP contribution in [0.3, 0.4) is 0 Å². The highest BCUT2D eigenvalue weighted by molar-refractivity contribution is 7.99. The third-order valence-corrected chi connectivity index (χ3v) is 5.75. The van der Waals surface area contributed by atoms with E-state index >= 15 is 0 Å². The standard InChI is InChI=1S/C19H16F2N2OS2/c1-12(18(24)23-17-15(20)8-5-9-16(17)21)25-10-14-11-26-19(22-14)13-6-3-2-4-7-13/h2-9,11-12H,10H2,1H3,(H,23,24)/t12-/m1/s1. The summed E-state index contributed by atoms with van der Waals surface area (Å²) in [6.07, 6.45) is 0. The van der Waals surface area contributed by atoms with E-state index in [-0.39, 0.29) is 0 Å². The minimum absolute atomic E-state index is 0.412. The Morgan fingerprint density at radius 2 is 1.85 bits per heavy atom. The van der Waals surface area contributed by atoms with Crippen LogP contribution >= 0.6 is 23.1 Å². The van der Waals surface area contributed by atoms with Crippen molar-refractivity contribution in [1.82, 2.24) is 4.98 Å². The molecule has 0 aliphatic heterocycles. The zero-order valence-corrected chi connectivity index (χ0v) is 15.5. The molecule has 1 amide bonds. The van der Waals surface area contributed by atoms with Gasteiger partial charge in [0.2, 0.25) is 5.91 Å². The Bertz CT molecular complexity index is 879. The SMILES string of the molecule is C[C@@H](SCc1csc(-c2ccccc2)n1)C(=O)Nc1c(F)cccc1F. The summed E-state index contributed by atoms with van der Waals surface area (Å²) in [6, 6.07) is 13.3. The van der Waals surface area contributed by atoms with Crippen molar-refractivity contribution in [2.45, 2.75) is 17.9 Å². The summed E-state index contributed by atoms with van der Waals surface area (Å²) >= 11 is 2.91. The molecule has 134 valence electrons. The summed E-state index contributed by atoms with van der Waals surface area (Å²) in [4.78, 5) is 16.8. The van der Waals surface area contributed by atoms with Crippen molar-refractivity contribution >= 4 is 34.7 Å². The molecule has 1 heterocycles. The summed E-state index contributed by atoms with van der Waals surface area (Å²) in [6.45, 7) is 1.70. The zero-order chi connectivity index (χ0) is 18.5. The normalized spacial score (nSPS) is 12.0. The number of hydrogen-bond acceptors (Lipinski definition) is 4. The Kier molecular flexibility index (Phi) is 6.00. The lowest BCUT2D eigenvalue weighted by Crippen LogP contribution is -2.23. The molecule has 0 bridgehead atoms. The number of amides is 1. The van der Waals surface area contributed by atoms with Crippen LogP contribution < -0.4 is 5.32 Å². The van der Waals surface area contributed by atoms with E-state index in [0.29, 0.717) is 5.75 Å². The quantitative estimate of drug-likeness (QED) is 0.617. The van der Waals surface area contributed by atoms with Gasteiger partial charge in [-0.2, -0.15) is 0 Å². The first-order valence-electron chi connectivity index (χ1n) is 7.91. The van der Waals surface area contributed by atoms with Gasteiger partial charge in [-0.1, -0.05) is 36.4 Å². The maximum absolute atomic E-state index is 13.6. The smallest absolute Gasteiger partial charge is 0.237 e. The predicted molar refractivity (Wildman–Crippen MR) is 103 cm³/mol. The third-order valence-electron chi connectivity index (χ3n) is 3.63. The summed E-state index contributed by atoms with van der Waals surface area (Å²) in [5.41, 5.74) is 1.51. The number of thiazole rings is 1. The van der Waals surface area contributed by atoms with Gasteiger partial charge in [-0.3, -0.25) is 4.79 Å². The first kappa shape index (κ1) is 18.5. The van der Waals surface area contributed by atoms with Crippen LogP contribution in [-0.4, -0.2) is 16.1 Å². The van der Waals surface area contributed by atoms with Crippen molar-refractivity contribution in [3.8, 4) is 10.6 Å². The Morgan fingerprint density at radius 1 is 1.15 bits per heavy atom. The van der Waals surface area contributed by atoms with Crippen molar-refractivity contribution in [3.63, 3.8) is 0 Å². The third kappa shape index (κ3) is 4.47. The second-order valence-corrected chi connectivity index (χ2v) is 7.74. The van der Waals surface area contributed by atoms with Crippen LogP contribution in [0.15, 0.2) is 53.9 Å². The van der Waals surface area contributed by atoms with Gasteiger partial charge in [0.25, 0.3) is 0 Å². The van der Waals surface area contributed by atoms with Crippen LogP contribution in [0.4, 0.5) is 14.5 Å². The van der Waals surface area contributed by atoms with Gasteiger partial charge < -0.3 is 5.32 Å². The molecule has 0 saturated carbocycles. The van der Waals surface area contributed by atoms with Crippen LogP contribution in [0.25, 0.3) is 10.6 Å². The molecule has 0 saturated heterocycles. The van der Waals surface area contributed by atoms with Gasteiger partial charge in [-0.15, -0.1) is 23.1 Å². The van der Waals surface area contributed by atoms with Gasteiger partial charge >= 0.3 is 0 Å². The molecule has 0 spiro atoms. The minimum atomic E-state index is -0.789. The number of para-hydroxylation sites is 1. The number of carbonyl (C=O) groups is 1. The number of benzene rings is 2. The van der Waals surface area contributed by atoms with E-state index in [1.54, 1.807) is 18.3 Å². The van der Waals surface area contributed by atoms with Gasteiger partial charge in [-0.25, -0.2) is 13.8 Å². The van der Waals surface area contributed by atoms with E-state index in [1.807, 2.05) is 35.7 Å². The fourth-order valence-corrected chi connectivity index (χ4v) is 3.92. The summed E-state index contributed by atoms with van der Waals surface area (Å²) < 4.78 is 27.2. The first-order chi connectivity index (χ1) is 12.5. The lowest BCUT2D eigenvalue weighted by molar-refractivity contribution is -0.115. The van der Waals surface area contributed by atoms with Gasteiger partial charge in [-0.05, 0) is 19.1 Å². The summed E-state index contributed by atoms with van der Waals surface area (Å²) in [5, 5.41) is 4.72. The first-order valence-corrected chi connectivity index (χ1v) is 9.83. The highest BCUT2D eigenvalue weighted by Gasteiger charge is 2.18. The number of nitrogens with zero attached hydrogens (tertiary/aromatic N) is 1. The molecule has 0 unspecified atom stereocenters. The van der Waals surface area contributed by atoms with E-state index in [0.717, 1.165) is 28.4 Å². The molecule has 7 heteroatoms. The van der Waals surface area contributed by atoms with Crippen molar-refractivity contribution < 1.29 is 13.6 Å². The number of hydrogen-bond donors (Lipinski definition) is 1. The molecule has 0 aliphatic rings. The molecule has 3 rings (SSSR count). The van der Waals surface area contributed by atoms with Crippen LogP contribution in [-0.2, 0) is 10.5 Å². The Balaban J connectivity index is 1.58. The second kappa shape index (κ2) is 8.42. The molecule has 1 aromatic heterocycles. The van der Waals surface area contributed by atoms with E-state index < -0.39 is 28.5 Å². The van der Waals surface area contributed by atoms with Gasteiger partial charge in [0.1, 0.15) is 22.3 Å².